The summed E-state index contributed by atoms with van der Waals surface area (Å²) in [4.78, 5) is 66.4. The molecule has 6 rings (SSSR count). The number of hydrogen-bond donors (Lipinski definition) is 4. The van der Waals surface area contributed by atoms with Crippen molar-refractivity contribution in [1.29, 1.82) is 0 Å². The number of aliphatic carboxylic acids is 1. The smallest absolute Gasteiger partial charge is 0.407 e. The topological polar surface area (TPSA) is 160 Å². The van der Waals surface area contributed by atoms with Crippen molar-refractivity contribution in [2.45, 2.75) is 75.6 Å². The zero-order valence-corrected chi connectivity index (χ0v) is 33.4. The summed E-state index contributed by atoms with van der Waals surface area (Å²) in [5.74, 6) is -3.55. The maximum absolute atomic E-state index is 14.2. The summed E-state index contributed by atoms with van der Waals surface area (Å²) < 4.78 is 11.1. The molecular formula is C48H49N3O8. The van der Waals surface area contributed by atoms with Gasteiger partial charge in [0.1, 0.15) is 29.8 Å². The van der Waals surface area contributed by atoms with Crippen LogP contribution in [0, 0.1) is 0 Å². The number of hydrogen-bond acceptors (Lipinski definition) is 7. The van der Waals surface area contributed by atoms with Crippen molar-refractivity contribution in [3.63, 3.8) is 0 Å². The van der Waals surface area contributed by atoms with E-state index in [0.29, 0.717) is 0 Å². The molecule has 11 heteroatoms. The van der Waals surface area contributed by atoms with E-state index in [1.165, 1.54) is 0 Å². The molecule has 3 amide bonds. The highest BCUT2D eigenvalue weighted by atomic mass is 16.6. The largest absolute Gasteiger partial charge is 0.480 e. The SMILES string of the molecule is CC(C)(C)OC(=O)CC[C@H](NC(=O)[C@H](CCC(=O)NC(c1ccccc1)(c1ccccc1)c1ccccc1)NC(=O)OCC1c2ccccc2-c2ccccc21)C(=O)O. The molecule has 0 radical (unpaired) electrons. The van der Waals surface area contributed by atoms with Crippen LogP contribution in [-0.4, -0.2) is 59.2 Å². The Kier molecular flexibility index (Phi) is 13.3. The minimum absolute atomic E-state index is 0.0317. The molecule has 0 aliphatic heterocycles. The monoisotopic (exact) mass is 795 g/mol. The molecule has 1 aliphatic rings. The molecule has 0 aromatic heterocycles. The van der Waals surface area contributed by atoms with Crippen LogP contribution in [0.4, 0.5) is 4.79 Å². The normalized spacial score (nSPS) is 13.2. The maximum Gasteiger partial charge on any atom is 0.407 e. The number of carboxylic acid groups (broad SMARTS) is 1. The fourth-order valence-electron chi connectivity index (χ4n) is 7.56. The van der Waals surface area contributed by atoms with Crippen LogP contribution in [0.3, 0.4) is 0 Å². The van der Waals surface area contributed by atoms with Gasteiger partial charge in [0.25, 0.3) is 0 Å². The van der Waals surface area contributed by atoms with E-state index in [1.54, 1.807) is 20.8 Å². The average Bonchev–Trinajstić information content (AvgIpc) is 3.55. The van der Waals surface area contributed by atoms with Gasteiger partial charge in [-0.3, -0.25) is 14.4 Å². The second kappa shape index (κ2) is 18.7. The van der Waals surface area contributed by atoms with Crippen LogP contribution >= 0.6 is 0 Å². The van der Waals surface area contributed by atoms with Crippen LogP contribution in [0.25, 0.3) is 11.1 Å². The molecule has 5 aromatic carbocycles. The quantitative estimate of drug-likeness (QED) is 0.0591. The van der Waals surface area contributed by atoms with Crippen LogP contribution in [0.2, 0.25) is 0 Å². The molecule has 11 nitrogen and oxygen atoms in total. The number of fused-ring (bicyclic) bond motifs is 3. The predicted molar refractivity (Wildman–Crippen MR) is 223 cm³/mol. The van der Waals surface area contributed by atoms with Crippen molar-refractivity contribution in [2.24, 2.45) is 0 Å². The van der Waals surface area contributed by atoms with Gasteiger partial charge in [-0.05, 0) is 72.6 Å². The standard InChI is InChI=1S/C48H49N3O8/c1-47(2,3)59-43(53)30-28-41(45(55)56)49-44(54)40(50-46(57)58-31-39-37-25-15-13-23-35(37)36-24-14-16-26-38(36)39)27-29-42(52)51-48(32-17-7-4-8-18-32,33-19-9-5-10-20-33)34-21-11-6-12-22-34/h4-26,39-41H,27-31H2,1-3H3,(H,49,54)(H,50,57)(H,51,52)(H,55,56)/t40-,41-/m0/s1. The Bertz CT molecular complexity index is 2110. The van der Waals surface area contributed by atoms with E-state index in [2.05, 4.69) is 16.0 Å². The first-order chi connectivity index (χ1) is 28.4. The van der Waals surface area contributed by atoms with Gasteiger partial charge in [0.15, 0.2) is 0 Å². The number of carbonyl (C=O) groups excluding carboxylic acids is 4. The first-order valence-electron chi connectivity index (χ1n) is 19.7. The van der Waals surface area contributed by atoms with Gasteiger partial charge in [0.05, 0.1) is 0 Å². The predicted octanol–water partition coefficient (Wildman–Crippen LogP) is 7.47. The van der Waals surface area contributed by atoms with Crippen molar-refractivity contribution in [3.8, 4) is 11.1 Å². The van der Waals surface area contributed by atoms with Crippen molar-refractivity contribution in [3.05, 3.63) is 167 Å². The number of nitrogens with one attached hydrogen (secondary N) is 3. The summed E-state index contributed by atoms with van der Waals surface area (Å²) in [6, 6.07) is 41.5. The number of alkyl carbamates (subject to hydrolysis) is 1. The summed E-state index contributed by atoms with van der Waals surface area (Å²) in [6.45, 7) is 5.05. The molecule has 1 aliphatic carbocycles. The maximum atomic E-state index is 14.2. The molecule has 0 bridgehead atoms. The third-order valence-corrected chi connectivity index (χ3v) is 10.2. The van der Waals surface area contributed by atoms with Gasteiger partial charge < -0.3 is 30.5 Å². The van der Waals surface area contributed by atoms with E-state index in [1.807, 2.05) is 140 Å². The van der Waals surface area contributed by atoms with Crippen molar-refractivity contribution in [1.82, 2.24) is 16.0 Å². The zero-order chi connectivity index (χ0) is 42.0. The Morgan fingerprint density at radius 3 is 1.54 bits per heavy atom. The molecule has 59 heavy (non-hydrogen) atoms. The second-order valence-corrected chi connectivity index (χ2v) is 15.5. The fourth-order valence-corrected chi connectivity index (χ4v) is 7.56. The lowest BCUT2D eigenvalue weighted by molar-refractivity contribution is -0.155. The molecule has 2 atom stereocenters. The van der Waals surface area contributed by atoms with Crippen LogP contribution < -0.4 is 16.0 Å². The molecule has 0 saturated heterocycles. The molecule has 5 aromatic rings. The van der Waals surface area contributed by atoms with Gasteiger partial charge in [0, 0.05) is 18.8 Å². The van der Waals surface area contributed by atoms with Crippen LogP contribution in [0.5, 0.6) is 0 Å². The lowest BCUT2D eigenvalue weighted by atomic mass is 9.77. The van der Waals surface area contributed by atoms with E-state index in [9.17, 15) is 29.1 Å². The van der Waals surface area contributed by atoms with Crippen molar-refractivity contribution >= 4 is 29.8 Å². The molecule has 0 saturated carbocycles. The van der Waals surface area contributed by atoms with E-state index in [0.717, 1.165) is 38.9 Å². The van der Waals surface area contributed by atoms with Gasteiger partial charge in [0.2, 0.25) is 11.8 Å². The second-order valence-electron chi connectivity index (χ2n) is 15.5. The minimum atomic E-state index is -1.49. The van der Waals surface area contributed by atoms with Gasteiger partial charge in [-0.25, -0.2) is 9.59 Å². The average molecular weight is 796 g/mol. The Morgan fingerprint density at radius 2 is 1.07 bits per heavy atom. The van der Waals surface area contributed by atoms with Crippen molar-refractivity contribution < 1.29 is 38.6 Å². The molecule has 0 heterocycles. The highest BCUT2D eigenvalue weighted by Gasteiger charge is 2.38. The highest BCUT2D eigenvalue weighted by molar-refractivity contribution is 5.90. The molecule has 0 spiro atoms. The zero-order valence-electron chi connectivity index (χ0n) is 33.4. The van der Waals surface area contributed by atoms with Gasteiger partial charge in [-0.1, -0.05) is 140 Å². The number of rotatable bonds is 16. The van der Waals surface area contributed by atoms with Crippen LogP contribution in [-0.2, 0) is 34.2 Å². The lowest BCUT2D eigenvalue weighted by Crippen LogP contribution is -2.52. The first-order valence-corrected chi connectivity index (χ1v) is 19.7. The van der Waals surface area contributed by atoms with E-state index in [4.69, 9.17) is 9.47 Å². The number of carbonyl (C=O) groups is 5. The van der Waals surface area contributed by atoms with E-state index >= 15 is 0 Å². The summed E-state index contributed by atoms with van der Waals surface area (Å²) in [5, 5.41) is 18.4. The summed E-state index contributed by atoms with van der Waals surface area (Å²) in [6.07, 6.45) is -1.91. The fraction of sp³-hybridized carbons (Fsp3) is 0.271. The third kappa shape index (κ3) is 10.2. The number of benzene rings is 5. The number of carboxylic acids is 1. The van der Waals surface area contributed by atoms with E-state index < -0.39 is 53.1 Å². The Morgan fingerprint density at radius 1 is 0.610 bits per heavy atom. The third-order valence-electron chi connectivity index (χ3n) is 10.2. The summed E-state index contributed by atoms with van der Waals surface area (Å²) >= 11 is 0. The lowest BCUT2D eigenvalue weighted by Gasteiger charge is -2.37. The highest BCUT2D eigenvalue weighted by Crippen LogP contribution is 2.44. The minimum Gasteiger partial charge on any atom is -0.480 e. The van der Waals surface area contributed by atoms with Crippen LogP contribution in [0.15, 0.2) is 140 Å². The van der Waals surface area contributed by atoms with Crippen LogP contribution in [0.1, 0.15) is 80.2 Å². The molecule has 4 N–H and O–H groups in total. The molecule has 0 fully saturated rings. The van der Waals surface area contributed by atoms with Gasteiger partial charge in [-0.2, -0.15) is 0 Å². The van der Waals surface area contributed by atoms with E-state index in [-0.39, 0.29) is 38.2 Å². The van der Waals surface area contributed by atoms with Crippen molar-refractivity contribution in [2.75, 3.05) is 6.61 Å². The molecular weight excluding hydrogens is 747 g/mol. The number of ether oxygens (including phenoxy) is 2. The summed E-state index contributed by atoms with van der Waals surface area (Å²) in [5.41, 5.74) is 4.57. The van der Waals surface area contributed by atoms with Gasteiger partial charge in [-0.15, -0.1) is 0 Å². The number of esters is 1. The molecule has 0 unspecified atom stereocenters. The Hall–Kier alpha value is -6.75. The Labute approximate surface area is 344 Å². The summed E-state index contributed by atoms with van der Waals surface area (Å²) in [7, 11) is 0. The Balaban J connectivity index is 1.23. The first kappa shape index (κ1) is 41.9. The van der Waals surface area contributed by atoms with Gasteiger partial charge >= 0.3 is 18.0 Å². The molecule has 304 valence electrons. The number of amides is 3.